The number of amides is 3. The monoisotopic (exact) mass is 527 g/mol. The van der Waals surface area contributed by atoms with E-state index in [0.717, 1.165) is 17.5 Å². The van der Waals surface area contributed by atoms with Crippen molar-refractivity contribution in [2.75, 3.05) is 27.3 Å². The highest BCUT2D eigenvalue weighted by Crippen LogP contribution is 2.31. The Hall–Kier alpha value is -3.54. The third-order valence-corrected chi connectivity index (χ3v) is 5.48. The normalized spacial score (nSPS) is 18.0. The second-order valence-corrected chi connectivity index (χ2v) is 8.03. The van der Waals surface area contributed by atoms with Crippen LogP contribution in [0, 0.1) is 0 Å². The lowest BCUT2D eigenvalue weighted by atomic mass is 9.96. The fraction of sp³-hybridized carbons (Fsp3) is 0.522. The number of hydrogen-bond acceptors (Lipinski definition) is 9. The molecule has 0 spiro atoms. The summed E-state index contributed by atoms with van der Waals surface area (Å²) >= 11 is 0. The third kappa shape index (κ3) is 9.25. The van der Waals surface area contributed by atoms with E-state index < -0.39 is 36.2 Å². The molecule has 4 N–H and O–H groups in total. The lowest BCUT2D eigenvalue weighted by molar-refractivity contribution is -0.143. The van der Waals surface area contributed by atoms with Gasteiger partial charge in [-0.1, -0.05) is 37.6 Å². The standard InChI is InChI=1S/C23H33N5O7.ClH/c1-4-5-10-34-22(31)27-18(21(30)33-3)14-25-20(29)12-17-11-19(28(2)23(32)35-17)16-8-6-15(7-9-16)13-26-24;/h6-9,13,17-19H,4-5,10-12,14,24H2,1-3H3,(H,25,29)(H,27,31);1H/t17-,18-,19+;/m0./s1. The molecule has 1 saturated heterocycles. The van der Waals surface area contributed by atoms with Crippen LogP contribution in [0.1, 0.15) is 49.8 Å². The van der Waals surface area contributed by atoms with E-state index in [1.807, 2.05) is 31.2 Å². The van der Waals surface area contributed by atoms with Crippen molar-refractivity contribution in [3.63, 3.8) is 0 Å². The number of methoxy groups -OCH3 is 1. The Kier molecular flexibility index (Phi) is 13.1. The Morgan fingerprint density at radius 1 is 1.31 bits per heavy atom. The first-order chi connectivity index (χ1) is 16.8. The predicted molar refractivity (Wildman–Crippen MR) is 134 cm³/mol. The van der Waals surface area contributed by atoms with Crippen LogP contribution in [0.3, 0.4) is 0 Å². The molecule has 0 aliphatic carbocycles. The van der Waals surface area contributed by atoms with Gasteiger partial charge < -0.3 is 35.6 Å². The summed E-state index contributed by atoms with van der Waals surface area (Å²) in [6, 6.07) is 5.96. The van der Waals surface area contributed by atoms with Gasteiger partial charge in [-0.25, -0.2) is 14.4 Å². The molecule has 1 heterocycles. The van der Waals surface area contributed by atoms with Crippen molar-refractivity contribution in [3.8, 4) is 0 Å². The van der Waals surface area contributed by atoms with Gasteiger partial charge in [0.2, 0.25) is 5.91 Å². The van der Waals surface area contributed by atoms with Gasteiger partial charge in [-0.2, -0.15) is 5.10 Å². The molecule has 3 amide bonds. The highest BCUT2D eigenvalue weighted by Gasteiger charge is 2.35. The van der Waals surface area contributed by atoms with Gasteiger partial charge in [0, 0.05) is 20.0 Å². The first kappa shape index (κ1) is 30.5. The highest BCUT2D eigenvalue weighted by atomic mass is 35.5. The number of ether oxygens (including phenoxy) is 3. The molecule has 200 valence electrons. The number of cyclic esters (lactones) is 1. The number of esters is 1. The van der Waals surface area contributed by atoms with Crippen LogP contribution < -0.4 is 16.5 Å². The zero-order valence-corrected chi connectivity index (χ0v) is 21.4. The minimum atomic E-state index is -1.12. The highest BCUT2D eigenvalue weighted by molar-refractivity contribution is 5.85. The van der Waals surface area contributed by atoms with Gasteiger partial charge >= 0.3 is 18.2 Å². The minimum Gasteiger partial charge on any atom is -0.467 e. The number of nitrogens with one attached hydrogen (secondary N) is 2. The van der Waals surface area contributed by atoms with E-state index in [2.05, 4.69) is 20.5 Å². The molecule has 1 aliphatic heterocycles. The van der Waals surface area contributed by atoms with Crippen LogP contribution in [0.4, 0.5) is 9.59 Å². The van der Waals surface area contributed by atoms with Crippen LogP contribution in [0.5, 0.6) is 0 Å². The number of hydrazone groups is 1. The Bertz CT molecular complexity index is 913. The number of halogens is 1. The molecule has 0 radical (unpaired) electrons. The molecule has 0 unspecified atom stereocenters. The summed E-state index contributed by atoms with van der Waals surface area (Å²) in [6.07, 6.45) is 1.34. The summed E-state index contributed by atoms with van der Waals surface area (Å²) in [7, 11) is 2.81. The Morgan fingerprint density at radius 3 is 2.61 bits per heavy atom. The number of nitrogens with zero attached hydrogens (tertiary/aromatic N) is 2. The van der Waals surface area contributed by atoms with Gasteiger partial charge in [-0.05, 0) is 17.5 Å². The molecular formula is C23H34ClN5O7. The van der Waals surface area contributed by atoms with Gasteiger partial charge in [0.25, 0.3) is 0 Å². The molecule has 0 saturated carbocycles. The van der Waals surface area contributed by atoms with Crippen molar-refractivity contribution in [3.05, 3.63) is 35.4 Å². The Labute approximate surface area is 216 Å². The zero-order valence-electron chi connectivity index (χ0n) is 20.6. The number of carbonyl (C=O) groups excluding carboxylic acids is 4. The van der Waals surface area contributed by atoms with E-state index >= 15 is 0 Å². The van der Waals surface area contributed by atoms with Crippen LogP contribution >= 0.6 is 12.4 Å². The van der Waals surface area contributed by atoms with E-state index in [9.17, 15) is 19.2 Å². The van der Waals surface area contributed by atoms with Crippen LogP contribution in [0.2, 0.25) is 0 Å². The molecule has 1 aliphatic rings. The summed E-state index contributed by atoms with van der Waals surface area (Å²) in [5.74, 6) is 3.99. The maximum Gasteiger partial charge on any atom is 0.410 e. The third-order valence-electron chi connectivity index (χ3n) is 5.48. The quantitative estimate of drug-likeness (QED) is 0.0980. The molecule has 0 bridgehead atoms. The predicted octanol–water partition coefficient (Wildman–Crippen LogP) is 1.86. The largest absolute Gasteiger partial charge is 0.467 e. The van der Waals surface area contributed by atoms with Gasteiger partial charge in [0.15, 0.2) is 0 Å². The number of benzene rings is 1. The van der Waals surface area contributed by atoms with Crippen molar-refractivity contribution in [1.29, 1.82) is 0 Å². The molecule has 13 heteroatoms. The number of hydrogen-bond donors (Lipinski definition) is 3. The van der Waals surface area contributed by atoms with Crippen LogP contribution in [0.15, 0.2) is 29.4 Å². The van der Waals surface area contributed by atoms with Crippen LogP contribution in [0.25, 0.3) is 0 Å². The van der Waals surface area contributed by atoms with Gasteiger partial charge in [0.1, 0.15) is 12.1 Å². The second-order valence-electron chi connectivity index (χ2n) is 8.03. The summed E-state index contributed by atoms with van der Waals surface area (Å²) < 4.78 is 15.1. The van der Waals surface area contributed by atoms with Crippen molar-refractivity contribution in [1.82, 2.24) is 15.5 Å². The summed E-state index contributed by atoms with van der Waals surface area (Å²) in [5, 5.41) is 8.44. The van der Waals surface area contributed by atoms with Crippen molar-refractivity contribution < 1.29 is 33.4 Å². The van der Waals surface area contributed by atoms with E-state index in [0.29, 0.717) is 12.8 Å². The SMILES string of the molecule is CCCCOC(=O)N[C@@H](CNC(=O)C[C@@H]1C[C@H](c2ccc(C=NN)cc2)N(C)C(=O)O1)C(=O)OC.Cl. The van der Waals surface area contributed by atoms with Gasteiger partial charge in [0.05, 0.1) is 32.4 Å². The molecule has 3 atom stereocenters. The van der Waals surface area contributed by atoms with E-state index in [4.69, 9.17) is 15.3 Å². The van der Waals surface area contributed by atoms with Crippen LogP contribution in [-0.4, -0.2) is 74.6 Å². The van der Waals surface area contributed by atoms with E-state index in [1.165, 1.54) is 18.2 Å². The number of alkyl carbamates (subject to hydrolysis) is 1. The number of unbranched alkanes of at least 4 members (excludes halogenated alkanes) is 1. The fourth-order valence-electron chi connectivity index (χ4n) is 3.51. The number of rotatable bonds is 11. The summed E-state index contributed by atoms with van der Waals surface area (Å²) in [6.45, 7) is 1.96. The minimum absolute atomic E-state index is 0. The fourth-order valence-corrected chi connectivity index (χ4v) is 3.51. The first-order valence-corrected chi connectivity index (χ1v) is 11.3. The molecule has 2 rings (SSSR count). The van der Waals surface area contributed by atoms with E-state index in [-0.39, 0.29) is 38.0 Å². The smallest absolute Gasteiger partial charge is 0.410 e. The molecule has 36 heavy (non-hydrogen) atoms. The van der Waals surface area contributed by atoms with Crippen molar-refractivity contribution in [2.24, 2.45) is 10.9 Å². The topological polar surface area (TPSA) is 162 Å². The van der Waals surface area contributed by atoms with Gasteiger partial charge in [-0.3, -0.25) is 4.79 Å². The second kappa shape index (κ2) is 15.5. The summed E-state index contributed by atoms with van der Waals surface area (Å²) in [5.41, 5.74) is 1.69. The summed E-state index contributed by atoms with van der Waals surface area (Å²) in [4.78, 5) is 50.2. The maximum atomic E-state index is 12.5. The average Bonchev–Trinajstić information content (AvgIpc) is 2.84. The Balaban J connectivity index is 0.00000648. The number of carbonyl (C=O) groups is 4. The lowest BCUT2D eigenvalue weighted by Crippen LogP contribution is -2.50. The molecule has 1 aromatic carbocycles. The van der Waals surface area contributed by atoms with Crippen molar-refractivity contribution in [2.45, 2.75) is 50.8 Å². The molecule has 12 nitrogen and oxygen atoms in total. The van der Waals surface area contributed by atoms with Gasteiger partial charge in [-0.15, -0.1) is 12.4 Å². The molecule has 0 aromatic heterocycles. The average molecular weight is 528 g/mol. The van der Waals surface area contributed by atoms with E-state index in [1.54, 1.807) is 7.05 Å². The lowest BCUT2D eigenvalue weighted by Gasteiger charge is -2.36. The molecule has 1 aromatic rings. The Morgan fingerprint density at radius 2 is 2.00 bits per heavy atom. The van der Waals surface area contributed by atoms with Crippen LogP contribution in [-0.2, 0) is 23.8 Å². The van der Waals surface area contributed by atoms with Crippen molar-refractivity contribution >= 4 is 42.7 Å². The molecular weight excluding hydrogens is 494 g/mol. The molecule has 1 fully saturated rings. The first-order valence-electron chi connectivity index (χ1n) is 11.3. The maximum absolute atomic E-state index is 12.5. The number of nitrogens with two attached hydrogens (primary N) is 1. The zero-order chi connectivity index (χ0) is 25.8.